The second-order valence-electron chi connectivity index (χ2n) is 4.53. The number of anilines is 2. The highest BCUT2D eigenvalue weighted by molar-refractivity contribution is 5.53. The van der Waals surface area contributed by atoms with Crippen LogP contribution in [0.5, 0.6) is 5.75 Å². The molecular formula is C13H13F2N5O3. The summed E-state index contributed by atoms with van der Waals surface area (Å²) in [5, 5.41) is 13.6. The predicted molar refractivity (Wildman–Crippen MR) is 78.2 cm³/mol. The van der Waals surface area contributed by atoms with Gasteiger partial charge >= 0.3 is 12.3 Å². The molecule has 0 aliphatic carbocycles. The molecule has 0 fully saturated rings. The Morgan fingerprint density at radius 1 is 1.35 bits per heavy atom. The number of nitrogens with zero attached hydrogens (tertiary/aromatic N) is 3. The molecule has 3 N–H and O–H groups in total. The van der Waals surface area contributed by atoms with Crippen LogP contribution in [0.15, 0.2) is 30.5 Å². The van der Waals surface area contributed by atoms with E-state index in [0.29, 0.717) is 0 Å². The smallest absolute Gasteiger partial charge is 0.387 e. The highest BCUT2D eigenvalue weighted by atomic mass is 19.3. The lowest BCUT2D eigenvalue weighted by atomic mass is 10.1. The maximum atomic E-state index is 12.1. The van der Waals surface area contributed by atoms with Gasteiger partial charge in [-0.15, -0.1) is 0 Å². The van der Waals surface area contributed by atoms with E-state index in [9.17, 15) is 18.9 Å². The summed E-state index contributed by atoms with van der Waals surface area (Å²) in [5.41, 5.74) is 5.86. The Labute approximate surface area is 129 Å². The first-order valence-corrected chi connectivity index (χ1v) is 6.45. The number of benzene rings is 1. The SMILES string of the molecule is CC(Nc1ncc([N+](=O)[O-])c(N)n1)c1ccc(OC(F)F)cc1. The maximum Gasteiger partial charge on any atom is 0.387 e. The summed E-state index contributed by atoms with van der Waals surface area (Å²) in [6.07, 6.45) is 1.01. The Morgan fingerprint density at radius 2 is 2.00 bits per heavy atom. The number of nitrogens with one attached hydrogen (secondary N) is 1. The molecule has 23 heavy (non-hydrogen) atoms. The van der Waals surface area contributed by atoms with E-state index in [1.807, 2.05) is 0 Å². The van der Waals surface area contributed by atoms with Gasteiger partial charge in [-0.25, -0.2) is 4.98 Å². The average Bonchev–Trinajstić information content (AvgIpc) is 2.47. The van der Waals surface area contributed by atoms with Crippen LogP contribution in [0.3, 0.4) is 0 Å². The number of rotatable bonds is 6. The number of nitro groups is 1. The van der Waals surface area contributed by atoms with Crippen molar-refractivity contribution in [2.75, 3.05) is 11.1 Å². The van der Waals surface area contributed by atoms with Crippen LogP contribution in [0.25, 0.3) is 0 Å². The van der Waals surface area contributed by atoms with Crippen molar-refractivity contribution in [3.63, 3.8) is 0 Å². The molecule has 122 valence electrons. The molecule has 0 saturated carbocycles. The molecule has 2 rings (SSSR count). The van der Waals surface area contributed by atoms with Gasteiger partial charge in [0.05, 0.1) is 11.0 Å². The van der Waals surface area contributed by atoms with Gasteiger partial charge in [0, 0.05) is 0 Å². The van der Waals surface area contributed by atoms with E-state index >= 15 is 0 Å². The van der Waals surface area contributed by atoms with Crippen LogP contribution >= 0.6 is 0 Å². The van der Waals surface area contributed by atoms with Gasteiger partial charge in [0.1, 0.15) is 11.9 Å². The third kappa shape index (κ3) is 4.22. The van der Waals surface area contributed by atoms with Crippen LogP contribution in [-0.2, 0) is 0 Å². The van der Waals surface area contributed by atoms with Crippen molar-refractivity contribution in [3.8, 4) is 5.75 Å². The van der Waals surface area contributed by atoms with Gasteiger partial charge in [0.15, 0.2) is 0 Å². The monoisotopic (exact) mass is 325 g/mol. The van der Waals surface area contributed by atoms with Crippen molar-refractivity contribution in [2.45, 2.75) is 19.6 Å². The Balaban J connectivity index is 2.08. The first-order valence-electron chi connectivity index (χ1n) is 6.45. The zero-order valence-corrected chi connectivity index (χ0v) is 11.9. The fourth-order valence-corrected chi connectivity index (χ4v) is 1.81. The molecule has 1 aromatic carbocycles. The van der Waals surface area contributed by atoms with E-state index in [2.05, 4.69) is 20.0 Å². The molecule has 0 spiro atoms. The first kappa shape index (κ1) is 16.3. The number of nitrogen functional groups attached to an aromatic ring is 1. The van der Waals surface area contributed by atoms with Crippen LogP contribution in [0.1, 0.15) is 18.5 Å². The van der Waals surface area contributed by atoms with E-state index in [-0.39, 0.29) is 29.2 Å². The number of alkyl halides is 2. The molecule has 0 aliphatic heterocycles. The molecule has 10 heteroatoms. The highest BCUT2D eigenvalue weighted by Gasteiger charge is 2.15. The van der Waals surface area contributed by atoms with Crippen molar-refractivity contribution in [1.29, 1.82) is 0 Å². The minimum atomic E-state index is -2.88. The number of nitrogens with two attached hydrogens (primary N) is 1. The molecular weight excluding hydrogens is 312 g/mol. The van der Waals surface area contributed by atoms with Crippen LogP contribution in [0.2, 0.25) is 0 Å². The number of ether oxygens (including phenoxy) is 1. The number of halogens is 2. The first-order chi connectivity index (χ1) is 10.9. The van der Waals surface area contributed by atoms with Crippen molar-refractivity contribution in [1.82, 2.24) is 9.97 Å². The average molecular weight is 325 g/mol. The van der Waals surface area contributed by atoms with Gasteiger partial charge in [-0.05, 0) is 24.6 Å². The van der Waals surface area contributed by atoms with Gasteiger partial charge in [-0.3, -0.25) is 10.1 Å². The van der Waals surface area contributed by atoms with E-state index in [0.717, 1.165) is 11.8 Å². The fourth-order valence-electron chi connectivity index (χ4n) is 1.81. The maximum absolute atomic E-state index is 12.1. The number of aromatic nitrogens is 2. The Kier molecular flexibility index (Phi) is 4.84. The molecule has 1 atom stereocenters. The second kappa shape index (κ2) is 6.81. The lowest BCUT2D eigenvalue weighted by molar-refractivity contribution is -0.384. The molecule has 1 heterocycles. The Bertz CT molecular complexity index is 697. The third-order valence-electron chi connectivity index (χ3n) is 2.95. The molecule has 0 saturated heterocycles. The van der Waals surface area contributed by atoms with E-state index in [1.54, 1.807) is 19.1 Å². The quantitative estimate of drug-likeness (QED) is 0.619. The Morgan fingerprint density at radius 3 is 2.52 bits per heavy atom. The fraction of sp³-hybridized carbons (Fsp3) is 0.231. The van der Waals surface area contributed by atoms with E-state index < -0.39 is 11.5 Å². The van der Waals surface area contributed by atoms with Crippen LogP contribution in [0, 0.1) is 10.1 Å². The molecule has 0 radical (unpaired) electrons. The van der Waals surface area contributed by atoms with E-state index in [1.165, 1.54) is 12.1 Å². The van der Waals surface area contributed by atoms with Crippen LogP contribution in [-0.4, -0.2) is 21.5 Å². The molecule has 1 aromatic heterocycles. The molecule has 8 nitrogen and oxygen atoms in total. The summed E-state index contributed by atoms with van der Waals surface area (Å²) >= 11 is 0. The molecule has 0 aliphatic rings. The summed E-state index contributed by atoms with van der Waals surface area (Å²) < 4.78 is 28.4. The predicted octanol–water partition coefficient (Wildman–Crippen LogP) is 2.74. The largest absolute Gasteiger partial charge is 0.435 e. The minimum Gasteiger partial charge on any atom is -0.435 e. The summed E-state index contributed by atoms with van der Waals surface area (Å²) in [6, 6.07) is 5.74. The van der Waals surface area contributed by atoms with Gasteiger partial charge in [-0.2, -0.15) is 13.8 Å². The van der Waals surface area contributed by atoms with E-state index in [4.69, 9.17) is 5.73 Å². The zero-order valence-electron chi connectivity index (χ0n) is 11.9. The standard InChI is InChI=1S/C13H13F2N5O3/c1-7(8-2-4-9(5-3-8)23-12(14)15)18-13-17-6-10(20(21)22)11(16)19-13/h2-7,12H,1H3,(H3,16,17,18,19). The number of hydrogen-bond acceptors (Lipinski definition) is 7. The normalized spacial score (nSPS) is 12.0. The van der Waals surface area contributed by atoms with Crippen LogP contribution in [0.4, 0.5) is 26.2 Å². The lowest BCUT2D eigenvalue weighted by Gasteiger charge is -2.15. The molecule has 0 amide bonds. The van der Waals surface area contributed by atoms with Gasteiger partial charge in [-0.1, -0.05) is 12.1 Å². The second-order valence-corrected chi connectivity index (χ2v) is 4.53. The summed E-state index contributed by atoms with van der Waals surface area (Å²) in [7, 11) is 0. The Hall–Kier alpha value is -3.04. The van der Waals surface area contributed by atoms with Gasteiger partial charge in [0.25, 0.3) is 0 Å². The van der Waals surface area contributed by atoms with Crippen LogP contribution < -0.4 is 15.8 Å². The topological polar surface area (TPSA) is 116 Å². The highest BCUT2D eigenvalue weighted by Crippen LogP contribution is 2.23. The van der Waals surface area contributed by atoms with Crippen molar-refractivity contribution in [2.24, 2.45) is 0 Å². The zero-order chi connectivity index (χ0) is 17.0. The molecule has 1 unspecified atom stereocenters. The van der Waals surface area contributed by atoms with Gasteiger partial charge in [0.2, 0.25) is 11.8 Å². The summed E-state index contributed by atoms with van der Waals surface area (Å²) in [4.78, 5) is 17.6. The van der Waals surface area contributed by atoms with Gasteiger partial charge < -0.3 is 15.8 Å². The summed E-state index contributed by atoms with van der Waals surface area (Å²) in [6.45, 7) is -1.10. The minimum absolute atomic E-state index is 0.0479. The third-order valence-corrected chi connectivity index (χ3v) is 2.95. The number of hydrogen-bond donors (Lipinski definition) is 2. The lowest BCUT2D eigenvalue weighted by Crippen LogP contribution is -2.11. The van der Waals surface area contributed by atoms with Crippen molar-refractivity contribution in [3.05, 3.63) is 46.1 Å². The molecule has 2 aromatic rings. The van der Waals surface area contributed by atoms with Crippen molar-refractivity contribution >= 4 is 17.5 Å². The molecule has 0 bridgehead atoms. The van der Waals surface area contributed by atoms with Crippen molar-refractivity contribution < 1.29 is 18.4 Å². The summed E-state index contributed by atoms with van der Waals surface area (Å²) in [5.74, 6) is -0.0827.